The molecule has 1 unspecified atom stereocenters. The molecule has 0 amide bonds. The molecule has 1 aromatic heterocycles. The van der Waals surface area contributed by atoms with Crippen molar-refractivity contribution in [2.45, 2.75) is 44.9 Å². The van der Waals surface area contributed by atoms with Gasteiger partial charge in [-0.2, -0.15) is 18.3 Å². The van der Waals surface area contributed by atoms with Gasteiger partial charge < -0.3 is 15.7 Å². The molecule has 1 heterocycles. The minimum absolute atomic E-state index is 0. The molecule has 0 aliphatic heterocycles. The van der Waals surface area contributed by atoms with Gasteiger partial charge in [0, 0.05) is 30.8 Å². The number of guanidine groups is 1. The number of aryl methyl sites for hydroxylation is 1. The zero-order chi connectivity index (χ0) is 22.6. The molecule has 0 fully saturated rings. The van der Waals surface area contributed by atoms with Crippen LogP contribution in [0.1, 0.15) is 44.4 Å². The Labute approximate surface area is 198 Å². The fourth-order valence-corrected chi connectivity index (χ4v) is 2.88. The van der Waals surface area contributed by atoms with Crippen molar-refractivity contribution < 1.29 is 18.3 Å². The van der Waals surface area contributed by atoms with E-state index in [0.29, 0.717) is 23.6 Å². The molecule has 6 nitrogen and oxygen atoms in total. The molecule has 0 saturated heterocycles. The largest absolute Gasteiger partial charge is 0.416 e. The smallest absolute Gasteiger partial charge is 0.383 e. The minimum Gasteiger partial charge on any atom is -0.383 e. The molecular formula is C21H31F3IN5O. The summed E-state index contributed by atoms with van der Waals surface area (Å²) in [7, 11) is 1.77. The number of benzene rings is 1. The highest BCUT2D eigenvalue weighted by atomic mass is 127. The normalized spacial score (nSPS) is 14.5. The monoisotopic (exact) mass is 553 g/mol. The lowest BCUT2D eigenvalue weighted by Gasteiger charge is -2.26. The van der Waals surface area contributed by atoms with Crippen molar-refractivity contribution in [1.29, 1.82) is 0 Å². The summed E-state index contributed by atoms with van der Waals surface area (Å²) in [6, 6.07) is 5.33. The van der Waals surface area contributed by atoms with Crippen LogP contribution in [0.2, 0.25) is 0 Å². The van der Waals surface area contributed by atoms with Gasteiger partial charge in [-0.05, 0) is 25.5 Å². The summed E-state index contributed by atoms with van der Waals surface area (Å²) >= 11 is 0. The van der Waals surface area contributed by atoms with Crippen LogP contribution < -0.4 is 10.6 Å². The second kappa shape index (κ2) is 10.7. The number of nitrogens with one attached hydrogen (secondary N) is 2. The number of alkyl halides is 3. The Kier molecular flexibility index (Phi) is 9.36. The first-order chi connectivity index (χ1) is 13.8. The first kappa shape index (κ1) is 27.2. The highest BCUT2D eigenvalue weighted by Crippen LogP contribution is 2.33. The summed E-state index contributed by atoms with van der Waals surface area (Å²) in [5, 5.41) is 21.0. The number of aliphatic hydroxyl groups is 1. The lowest BCUT2D eigenvalue weighted by molar-refractivity contribution is -0.137. The third-order valence-electron chi connectivity index (χ3n) is 4.87. The predicted octanol–water partition coefficient (Wildman–Crippen LogP) is 3.80. The summed E-state index contributed by atoms with van der Waals surface area (Å²) in [4.78, 5) is 4.54. The summed E-state index contributed by atoms with van der Waals surface area (Å²) in [6.45, 7) is 8.34. The molecule has 31 heavy (non-hydrogen) atoms. The van der Waals surface area contributed by atoms with Crippen LogP contribution in [0.3, 0.4) is 0 Å². The van der Waals surface area contributed by atoms with Crippen LogP contribution >= 0.6 is 24.0 Å². The third kappa shape index (κ3) is 7.67. The van der Waals surface area contributed by atoms with Gasteiger partial charge in [-0.1, -0.05) is 32.0 Å². The molecule has 2 rings (SSSR count). The predicted molar refractivity (Wildman–Crippen MR) is 127 cm³/mol. The maximum atomic E-state index is 13.0. The number of hydrogen-bond donors (Lipinski definition) is 3. The first-order valence-corrected chi connectivity index (χ1v) is 9.76. The van der Waals surface area contributed by atoms with Crippen molar-refractivity contribution in [1.82, 2.24) is 20.4 Å². The van der Waals surface area contributed by atoms with Gasteiger partial charge in [0.05, 0.1) is 24.8 Å². The van der Waals surface area contributed by atoms with E-state index in [1.807, 2.05) is 20.8 Å². The number of hydrogen-bond acceptors (Lipinski definition) is 3. The van der Waals surface area contributed by atoms with Gasteiger partial charge in [-0.25, -0.2) is 0 Å². The van der Waals surface area contributed by atoms with E-state index in [1.165, 1.54) is 12.1 Å². The first-order valence-electron chi connectivity index (χ1n) is 9.76. The van der Waals surface area contributed by atoms with Gasteiger partial charge in [0.2, 0.25) is 0 Å². The number of aliphatic imine (C=N–C) groups is 1. The molecule has 0 saturated carbocycles. The van der Waals surface area contributed by atoms with Gasteiger partial charge >= 0.3 is 6.18 Å². The molecule has 2 aromatic rings. The molecule has 3 N–H and O–H groups in total. The van der Waals surface area contributed by atoms with Crippen molar-refractivity contribution >= 4 is 29.9 Å². The van der Waals surface area contributed by atoms with E-state index < -0.39 is 22.8 Å². The van der Waals surface area contributed by atoms with Crippen molar-refractivity contribution in [3.8, 4) is 0 Å². The Hall–Kier alpha value is -1.82. The molecule has 0 radical (unpaired) electrons. The van der Waals surface area contributed by atoms with Gasteiger partial charge in [0.25, 0.3) is 0 Å². The van der Waals surface area contributed by atoms with Gasteiger partial charge in [0.15, 0.2) is 5.96 Å². The van der Waals surface area contributed by atoms with Gasteiger partial charge in [-0.15, -0.1) is 24.0 Å². The molecule has 0 bridgehead atoms. The summed E-state index contributed by atoms with van der Waals surface area (Å²) in [6.07, 6.45) is -1.05. The van der Waals surface area contributed by atoms with E-state index in [0.717, 1.165) is 6.07 Å². The summed E-state index contributed by atoms with van der Waals surface area (Å²) in [5.41, 5.74) is -1.23. The van der Waals surface area contributed by atoms with Crippen LogP contribution in [-0.2, 0) is 24.2 Å². The highest BCUT2D eigenvalue weighted by Gasteiger charge is 2.32. The Morgan fingerprint density at radius 1 is 1.13 bits per heavy atom. The number of rotatable bonds is 7. The minimum atomic E-state index is -4.39. The van der Waals surface area contributed by atoms with Crippen LogP contribution in [0.25, 0.3) is 0 Å². The zero-order valence-corrected chi connectivity index (χ0v) is 20.7. The summed E-state index contributed by atoms with van der Waals surface area (Å²) in [5.74, 6) is 0.474. The van der Waals surface area contributed by atoms with Crippen LogP contribution in [-0.4, -0.2) is 40.5 Å². The fourth-order valence-electron chi connectivity index (χ4n) is 2.88. The van der Waals surface area contributed by atoms with Gasteiger partial charge in [-0.3, -0.25) is 9.67 Å². The van der Waals surface area contributed by atoms with E-state index >= 15 is 0 Å². The molecular weight excluding hydrogens is 522 g/mol. The highest BCUT2D eigenvalue weighted by molar-refractivity contribution is 14.0. The van der Waals surface area contributed by atoms with Crippen molar-refractivity contribution in [2.24, 2.45) is 12.0 Å². The van der Waals surface area contributed by atoms with E-state index in [-0.39, 0.29) is 37.1 Å². The van der Waals surface area contributed by atoms with E-state index in [1.54, 1.807) is 37.1 Å². The number of aromatic nitrogens is 2. The Balaban J connectivity index is 0.00000480. The third-order valence-corrected chi connectivity index (χ3v) is 4.87. The van der Waals surface area contributed by atoms with E-state index in [4.69, 9.17) is 0 Å². The number of nitrogens with zero attached hydrogens (tertiary/aromatic N) is 3. The van der Waals surface area contributed by atoms with Gasteiger partial charge in [0.1, 0.15) is 5.60 Å². The Morgan fingerprint density at radius 3 is 2.32 bits per heavy atom. The maximum absolute atomic E-state index is 13.0. The average molecular weight is 553 g/mol. The Morgan fingerprint density at radius 2 is 1.77 bits per heavy atom. The molecule has 1 atom stereocenters. The maximum Gasteiger partial charge on any atom is 0.416 e. The van der Waals surface area contributed by atoms with Crippen molar-refractivity contribution in [2.75, 3.05) is 19.6 Å². The lowest BCUT2D eigenvalue weighted by atomic mass is 9.84. The number of halogens is 4. The van der Waals surface area contributed by atoms with E-state index in [9.17, 15) is 18.3 Å². The zero-order valence-electron chi connectivity index (χ0n) is 18.4. The molecule has 10 heteroatoms. The SMILES string of the molecule is CCNC(=NCC(C)(C)c1cccc(C(F)(F)F)c1)NCC(C)(O)c1cnn(C)c1.I. The summed E-state index contributed by atoms with van der Waals surface area (Å²) < 4.78 is 40.8. The van der Waals surface area contributed by atoms with Crippen LogP contribution in [0.5, 0.6) is 0 Å². The van der Waals surface area contributed by atoms with Crippen molar-refractivity contribution in [3.63, 3.8) is 0 Å². The fraction of sp³-hybridized carbons (Fsp3) is 0.524. The lowest BCUT2D eigenvalue weighted by Crippen LogP contribution is -2.45. The van der Waals surface area contributed by atoms with Crippen molar-refractivity contribution in [3.05, 3.63) is 53.3 Å². The van der Waals surface area contributed by atoms with Crippen LogP contribution in [0.4, 0.5) is 13.2 Å². The Bertz CT molecular complexity index is 878. The second-order valence-corrected chi connectivity index (χ2v) is 8.19. The molecule has 174 valence electrons. The average Bonchev–Trinajstić information content (AvgIpc) is 3.11. The molecule has 0 aliphatic carbocycles. The van der Waals surface area contributed by atoms with E-state index in [2.05, 4.69) is 20.7 Å². The topological polar surface area (TPSA) is 74.5 Å². The van der Waals surface area contributed by atoms with Crippen LogP contribution in [0.15, 0.2) is 41.7 Å². The van der Waals surface area contributed by atoms with Crippen LogP contribution in [0, 0.1) is 0 Å². The second-order valence-electron chi connectivity index (χ2n) is 8.19. The molecule has 0 spiro atoms. The molecule has 0 aliphatic rings. The quantitative estimate of drug-likeness (QED) is 0.277. The standard InChI is InChI=1S/C21H30F3N5O.HI/c1-6-25-18(27-14-20(4,30)17-11-28-29(5)12-17)26-13-19(2,3)15-8-7-9-16(10-15)21(22,23)24;/h7-12,30H,6,13-14H2,1-5H3,(H2,25,26,27);1H. The molecule has 1 aromatic carbocycles.